The number of carbonyl (C=O) groups is 2. The molecule has 2 N–H and O–H groups in total. The summed E-state index contributed by atoms with van der Waals surface area (Å²) < 4.78 is 1.83. The molecule has 0 spiro atoms. The standard InChI is InChI=1S/C12H13BrN2O5/c13-7-1-2-10(17)14(4-7)6-11(18)15-5-8(16)3-9(15)12(19)20/h1-2,4,8-9,16H,3,5-6H2,(H,19,20)/t8?,9-/m0/s1. The van der Waals surface area contributed by atoms with Gasteiger partial charge in [0.05, 0.1) is 6.10 Å². The number of hydrogen-bond donors (Lipinski definition) is 2. The van der Waals surface area contributed by atoms with Crippen LogP contribution >= 0.6 is 15.9 Å². The monoisotopic (exact) mass is 344 g/mol. The zero-order valence-electron chi connectivity index (χ0n) is 10.4. The third-order valence-electron chi connectivity index (χ3n) is 3.14. The minimum absolute atomic E-state index is 0.00839. The first kappa shape index (κ1) is 14.7. The third kappa shape index (κ3) is 3.07. The number of carboxylic acid groups (broad SMARTS) is 1. The van der Waals surface area contributed by atoms with Gasteiger partial charge in [0, 0.05) is 29.7 Å². The first-order valence-corrected chi connectivity index (χ1v) is 6.74. The smallest absolute Gasteiger partial charge is 0.326 e. The highest BCUT2D eigenvalue weighted by Gasteiger charge is 2.38. The summed E-state index contributed by atoms with van der Waals surface area (Å²) in [6.07, 6.45) is 0.621. The molecular formula is C12H13BrN2O5. The zero-order chi connectivity index (χ0) is 14.9. The van der Waals surface area contributed by atoms with E-state index in [1.807, 2.05) is 0 Å². The lowest BCUT2D eigenvalue weighted by molar-refractivity contribution is -0.148. The summed E-state index contributed by atoms with van der Waals surface area (Å²) in [6, 6.07) is 1.83. The molecule has 0 bridgehead atoms. The minimum Gasteiger partial charge on any atom is -0.480 e. The molecule has 0 aromatic carbocycles. The quantitative estimate of drug-likeness (QED) is 0.781. The van der Waals surface area contributed by atoms with Gasteiger partial charge in [0.2, 0.25) is 5.91 Å². The predicted octanol–water partition coefficient (Wildman–Crippen LogP) is -0.343. The Kier molecular flexibility index (Phi) is 4.24. The molecule has 2 heterocycles. The summed E-state index contributed by atoms with van der Waals surface area (Å²) >= 11 is 3.20. The number of amides is 1. The number of hydrogen-bond acceptors (Lipinski definition) is 4. The summed E-state index contributed by atoms with van der Waals surface area (Å²) in [5, 5.41) is 18.5. The van der Waals surface area contributed by atoms with Crippen LogP contribution < -0.4 is 5.56 Å². The number of carbonyl (C=O) groups excluding carboxylic acids is 1. The van der Waals surface area contributed by atoms with Gasteiger partial charge in [0.25, 0.3) is 5.56 Å². The van der Waals surface area contributed by atoms with E-state index in [4.69, 9.17) is 5.11 Å². The number of carboxylic acids is 1. The van der Waals surface area contributed by atoms with Crippen LogP contribution in [0.2, 0.25) is 0 Å². The lowest BCUT2D eigenvalue weighted by Crippen LogP contribution is -2.43. The molecule has 1 amide bonds. The molecule has 0 aliphatic carbocycles. The third-order valence-corrected chi connectivity index (χ3v) is 3.61. The summed E-state index contributed by atoms with van der Waals surface area (Å²) in [6.45, 7) is -0.284. The Labute approximate surface area is 122 Å². The maximum Gasteiger partial charge on any atom is 0.326 e. The van der Waals surface area contributed by atoms with Crippen molar-refractivity contribution in [1.82, 2.24) is 9.47 Å². The number of β-amino-alcohol motifs (C(OH)–C–C–N with tert-alkyl or cyclic N) is 1. The molecule has 7 nitrogen and oxygen atoms in total. The van der Waals surface area contributed by atoms with Crippen molar-refractivity contribution < 1.29 is 19.8 Å². The van der Waals surface area contributed by atoms with E-state index >= 15 is 0 Å². The van der Waals surface area contributed by atoms with Crippen LogP contribution in [0.5, 0.6) is 0 Å². The molecule has 0 saturated carbocycles. The molecule has 1 aliphatic heterocycles. The molecule has 1 aliphatic rings. The van der Waals surface area contributed by atoms with Gasteiger partial charge in [-0.3, -0.25) is 9.59 Å². The number of likely N-dealkylation sites (tertiary alicyclic amines) is 1. The second-order valence-electron chi connectivity index (χ2n) is 4.60. The number of halogens is 1. The van der Waals surface area contributed by atoms with Crippen LogP contribution in [0, 0.1) is 0 Å². The van der Waals surface area contributed by atoms with Gasteiger partial charge in [0.1, 0.15) is 12.6 Å². The average molecular weight is 345 g/mol. The van der Waals surface area contributed by atoms with Crippen molar-refractivity contribution in [1.29, 1.82) is 0 Å². The lowest BCUT2D eigenvalue weighted by Gasteiger charge is -2.21. The van der Waals surface area contributed by atoms with E-state index < -0.39 is 24.0 Å². The molecule has 108 valence electrons. The Hall–Kier alpha value is -1.67. The first-order valence-electron chi connectivity index (χ1n) is 5.95. The number of aliphatic carboxylic acids is 1. The maximum absolute atomic E-state index is 12.1. The molecule has 1 saturated heterocycles. The van der Waals surface area contributed by atoms with Gasteiger partial charge in [-0.2, -0.15) is 0 Å². The van der Waals surface area contributed by atoms with Gasteiger partial charge in [0.15, 0.2) is 0 Å². The molecular weight excluding hydrogens is 332 g/mol. The minimum atomic E-state index is -1.16. The van der Waals surface area contributed by atoms with Crippen molar-refractivity contribution in [3.8, 4) is 0 Å². The molecule has 20 heavy (non-hydrogen) atoms. The second-order valence-corrected chi connectivity index (χ2v) is 5.52. The lowest BCUT2D eigenvalue weighted by atomic mass is 10.2. The van der Waals surface area contributed by atoms with Gasteiger partial charge >= 0.3 is 5.97 Å². The van der Waals surface area contributed by atoms with Crippen molar-refractivity contribution in [2.75, 3.05) is 6.54 Å². The number of pyridine rings is 1. The van der Waals surface area contributed by atoms with Gasteiger partial charge in [-0.05, 0) is 22.0 Å². The Morgan fingerprint density at radius 2 is 2.10 bits per heavy atom. The van der Waals surface area contributed by atoms with E-state index in [0.717, 1.165) is 4.90 Å². The van der Waals surface area contributed by atoms with Gasteiger partial charge < -0.3 is 19.7 Å². The topological polar surface area (TPSA) is 99.8 Å². The van der Waals surface area contributed by atoms with Crippen LogP contribution in [0.3, 0.4) is 0 Å². The van der Waals surface area contributed by atoms with Crippen molar-refractivity contribution in [2.24, 2.45) is 0 Å². The highest BCUT2D eigenvalue weighted by Crippen LogP contribution is 2.18. The fraction of sp³-hybridized carbons (Fsp3) is 0.417. The Morgan fingerprint density at radius 3 is 2.75 bits per heavy atom. The fourth-order valence-corrected chi connectivity index (χ4v) is 2.57. The molecule has 1 unspecified atom stereocenters. The average Bonchev–Trinajstić information content (AvgIpc) is 2.76. The molecule has 8 heteroatoms. The van der Waals surface area contributed by atoms with Crippen molar-refractivity contribution in [3.63, 3.8) is 0 Å². The van der Waals surface area contributed by atoms with Crippen molar-refractivity contribution in [3.05, 3.63) is 33.2 Å². The van der Waals surface area contributed by atoms with E-state index in [-0.39, 0.29) is 25.1 Å². The van der Waals surface area contributed by atoms with Crippen LogP contribution in [-0.4, -0.2) is 50.2 Å². The highest BCUT2D eigenvalue weighted by molar-refractivity contribution is 9.10. The molecule has 0 radical (unpaired) electrons. The van der Waals surface area contributed by atoms with Crippen molar-refractivity contribution >= 4 is 27.8 Å². The SMILES string of the molecule is O=C(O)[C@@H]1CC(O)CN1C(=O)Cn1cc(Br)ccc1=O. The van der Waals surface area contributed by atoms with E-state index in [0.29, 0.717) is 4.47 Å². The molecule has 1 fully saturated rings. The summed E-state index contributed by atoms with van der Waals surface area (Å²) in [5.74, 6) is -1.66. The van der Waals surface area contributed by atoms with Crippen LogP contribution in [0.4, 0.5) is 0 Å². The Bertz CT molecular complexity index is 600. The van der Waals surface area contributed by atoms with Crippen LogP contribution in [0.15, 0.2) is 27.6 Å². The summed E-state index contributed by atoms with van der Waals surface area (Å²) in [5.41, 5.74) is -0.354. The second kappa shape index (κ2) is 5.76. The number of nitrogens with zero attached hydrogens (tertiary/aromatic N) is 2. The van der Waals surface area contributed by atoms with E-state index in [1.165, 1.54) is 16.8 Å². The summed E-state index contributed by atoms with van der Waals surface area (Å²) in [4.78, 5) is 35.9. The Balaban J connectivity index is 2.17. The highest BCUT2D eigenvalue weighted by atomic mass is 79.9. The van der Waals surface area contributed by atoms with Crippen molar-refractivity contribution in [2.45, 2.75) is 25.1 Å². The van der Waals surface area contributed by atoms with E-state index in [9.17, 15) is 19.5 Å². The largest absolute Gasteiger partial charge is 0.480 e. The summed E-state index contributed by atoms with van der Waals surface area (Å²) in [7, 11) is 0. The first-order chi connectivity index (χ1) is 9.38. The zero-order valence-corrected chi connectivity index (χ0v) is 12.0. The predicted molar refractivity (Wildman–Crippen MR) is 72.2 cm³/mol. The normalized spacial score (nSPS) is 22.0. The number of aliphatic hydroxyl groups is 1. The fourth-order valence-electron chi connectivity index (χ4n) is 2.19. The van der Waals surface area contributed by atoms with Gasteiger partial charge in [-0.15, -0.1) is 0 Å². The maximum atomic E-state index is 12.1. The van der Waals surface area contributed by atoms with E-state index in [1.54, 1.807) is 6.07 Å². The van der Waals surface area contributed by atoms with Gasteiger partial charge in [-0.25, -0.2) is 4.79 Å². The van der Waals surface area contributed by atoms with Gasteiger partial charge in [-0.1, -0.05) is 0 Å². The van der Waals surface area contributed by atoms with Crippen LogP contribution in [0.25, 0.3) is 0 Å². The van der Waals surface area contributed by atoms with Crippen LogP contribution in [-0.2, 0) is 16.1 Å². The molecule has 2 rings (SSSR count). The van der Waals surface area contributed by atoms with Crippen LogP contribution in [0.1, 0.15) is 6.42 Å². The van der Waals surface area contributed by atoms with E-state index in [2.05, 4.69) is 15.9 Å². The molecule has 2 atom stereocenters. The number of aliphatic hydroxyl groups excluding tert-OH is 1. The molecule has 1 aromatic heterocycles. The number of aromatic nitrogens is 1. The molecule has 1 aromatic rings. The Morgan fingerprint density at radius 1 is 1.40 bits per heavy atom. The number of rotatable bonds is 3.